The Morgan fingerprint density at radius 2 is 1.92 bits per heavy atom. The molecule has 0 radical (unpaired) electrons. The molecule has 1 saturated heterocycles. The molecule has 7 nitrogen and oxygen atoms in total. The molecule has 1 aromatic heterocycles. The standard InChI is InChI=1S/C16H25BN4O3/c1-15(2)16(3,4)24-17(23-15)13(10-19-5)7-11-6-12(9-20-8-11)14(22)21-18/h6-9,19H,10,18H2,1-5H3,(H,21,22). The third-order valence-corrected chi connectivity index (χ3v) is 4.44. The summed E-state index contributed by atoms with van der Waals surface area (Å²) in [6.07, 6.45) is 5.05. The van der Waals surface area contributed by atoms with Crippen LogP contribution < -0.4 is 16.6 Å². The van der Waals surface area contributed by atoms with Crippen LogP contribution in [0.15, 0.2) is 23.9 Å². The number of carbonyl (C=O) groups excluding carboxylic acids is 1. The Hall–Kier alpha value is -1.74. The minimum Gasteiger partial charge on any atom is -0.400 e. The van der Waals surface area contributed by atoms with Crippen molar-refractivity contribution in [3.8, 4) is 0 Å². The van der Waals surface area contributed by atoms with Crippen molar-refractivity contribution in [1.29, 1.82) is 0 Å². The second kappa shape index (κ2) is 7.02. The number of nitrogens with one attached hydrogen (secondary N) is 2. The van der Waals surface area contributed by atoms with E-state index in [-0.39, 0.29) is 5.91 Å². The normalized spacial score (nSPS) is 19.4. The molecule has 0 atom stereocenters. The molecule has 0 aliphatic carbocycles. The molecule has 0 bridgehead atoms. The van der Waals surface area contributed by atoms with Crippen molar-refractivity contribution < 1.29 is 14.1 Å². The largest absolute Gasteiger partial charge is 0.491 e. The van der Waals surface area contributed by atoms with Gasteiger partial charge in [0.15, 0.2) is 0 Å². The summed E-state index contributed by atoms with van der Waals surface area (Å²) in [6, 6.07) is 1.72. The molecule has 0 saturated carbocycles. The number of hydrogen-bond donors (Lipinski definition) is 3. The van der Waals surface area contributed by atoms with Crippen LogP contribution in [-0.4, -0.2) is 42.8 Å². The van der Waals surface area contributed by atoms with Gasteiger partial charge in [0.2, 0.25) is 0 Å². The summed E-state index contributed by atoms with van der Waals surface area (Å²) < 4.78 is 12.2. The molecule has 0 aromatic carbocycles. The van der Waals surface area contributed by atoms with Crippen molar-refractivity contribution in [2.75, 3.05) is 13.6 Å². The van der Waals surface area contributed by atoms with E-state index in [0.29, 0.717) is 12.1 Å². The highest BCUT2D eigenvalue weighted by molar-refractivity contribution is 6.55. The highest BCUT2D eigenvalue weighted by atomic mass is 16.7. The van der Waals surface area contributed by atoms with Gasteiger partial charge in [-0.2, -0.15) is 0 Å². The second-order valence-electron chi connectivity index (χ2n) is 6.82. The number of nitrogens with two attached hydrogens (primary N) is 1. The molecule has 1 amide bonds. The lowest BCUT2D eigenvalue weighted by atomic mass is 9.77. The van der Waals surface area contributed by atoms with Gasteiger partial charge in [0.1, 0.15) is 0 Å². The van der Waals surface area contributed by atoms with Crippen molar-refractivity contribution in [2.45, 2.75) is 38.9 Å². The molecule has 130 valence electrons. The lowest BCUT2D eigenvalue weighted by molar-refractivity contribution is 0.00578. The van der Waals surface area contributed by atoms with Crippen LogP contribution >= 0.6 is 0 Å². The van der Waals surface area contributed by atoms with E-state index in [4.69, 9.17) is 15.2 Å². The molecule has 8 heteroatoms. The zero-order valence-corrected chi connectivity index (χ0v) is 14.8. The number of nitrogen functional groups attached to an aromatic ring is 1. The monoisotopic (exact) mass is 332 g/mol. The number of pyridine rings is 1. The molecular weight excluding hydrogens is 307 g/mol. The number of amides is 1. The summed E-state index contributed by atoms with van der Waals surface area (Å²) in [5.41, 5.74) is 3.36. The van der Waals surface area contributed by atoms with E-state index in [1.54, 1.807) is 12.3 Å². The number of carbonyl (C=O) groups is 1. The third kappa shape index (κ3) is 3.84. The third-order valence-electron chi connectivity index (χ3n) is 4.44. The summed E-state index contributed by atoms with van der Waals surface area (Å²) in [4.78, 5) is 15.7. The number of hydrazine groups is 1. The Balaban J connectivity index is 2.31. The number of nitrogens with zero attached hydrogens (tertiary/aromatic N) is 1. The van der Waals surface area contributed by atoms with Crippen LogP contribution in [0.3, 0.4) is 0 Å². The Bertz CT molecular complexity index is 630. The van der Waals surface area contributed by atoms with Gasteiger partial charge in [0, 0.05) is 18.9 Å². The van der Waals surface area contributed by atoms with Gasteiger partial charge in [-0.05, 0) is 51.8 Å². The fraction of sp³-hybridized carbons (Fsp3) is 0.500. The maximum Gasteiger partial charge on any atom is 0.491 e. The van der Waals surface area contributed by atoms with E-state index in [0.717, 1.165) is 11.0 Å². The first-order valence-corrected chi connectivity index (χ1v) is 7.87. The maximum atomic E-state index is 11.6. The second-order valence-corrected chi connectivity index (χ2v) is 6.82. The van der Waals surface area contributed by atoms with Crippen molar-refractivity contribution >= 4 is 19.1 Å². The van der Waals surface area contributed by atoms with Crippen molar-refractivity contribution in [1.82, 2.24) is 15.7 Å². The highest BCUT2D eigenvalue weighted by Gasteiger charge is 2.52. The first kappa shape index (κ1) is 18.6. The topological polar surface area (TPSA) is 98.5 Å². The van der Waals surface area contributed by atoms with E-state index in [1.165, 1.54) is 6.20 Å². The highest BCUT2D eigenvalue weighted by Crippen LogP contribution is 2.38. The summed E-state index contributed by atoms with van der Waals surface area (Å²) in [7, 11) is 1.39. The van der Waals surface area contributed by atoms with Crippen LogP contribution in [0.4, 0.5) is 0 Å². The Morgan fingerprint density at radius 3 is 2.46 bits per heavy atom. The fourth-order valence-electron chi connectivity index (χ4n) is 2.36. The van der Waals surface area contributed by atoms with Crippen molar-refractivity contribution in [3.63, 3.8) is 0 Å². The molecule has 2 rings (SSSR count). The van der Waals surface area contributed by atoms with E-state index >= 15 is 0 Å². The van der Waals surface area contributed by atoms with Crippen molar-refractivity contribution in [2.24, 2.45) is 5.84 Å². The minimum absolute atomic E-state index is 0.386. The van der Waals surface area contributed by atoms with Crippen LogP contribution in [-0.2, 0) is 9.31 Å². The average molecular weight is 332 g/mol. The first-order valence-electron chi connectivity index (χ1n) is 7.87. The summed E-state index contributed by atoms with van der Waals surface area (Å²) >= 11 is 0. The molecular formula is C16H25BN4O3. The molecule has 24 heavy (non-hydrogen) atoms. The fourth-order valence-corrected chi connectivity index (χ4v) is 2.36. The molecule has 1 aromatic rings. The number of aromatic nitrogens is 1. The van der Waals surface area contributed by atoms with Gasteiger partial charge < -0.3 is 14.6 Å². The molecule has 0 unspecified atom stereocenters. The van der Waals surface area contributed by atoms with Gasteiger partial charge >= 0.3 is 7.12 Å². The summed E-state index contributed by atoms with van der Waals surface area (Å²) in [5, 5.41) is 3.12. The predicted octanol–water partition coefficient (Wildman–Crippen LogP) is 0.919. The zero-order chi connectivity index (χ0) is 18.0. The van der Waals surface area contributed by atoms with E-state index in [2.05, 4.69) is 15.7 Å². The molecule has 1 aliphatic heterocycles. The van der Waals surface area contributed by atoms with Gasteiger partial charge in [-0.3, -0.25) is 15.2 Å². The van der Waals surface area contributed by atoms with Crippen LogP contribution in [0.25, 0.3) is 6.08 Å². The van der Waals surface area contributed by atoms with Crippen LogP contribution in [0.1, 0.15) is 43.6 Å². The van der Waals surface area contributed by atoms with Crippen LogP contribution in [0.2, 0.25) is 0 Å². The van der Waals surface area contributed by atoms with E-state index in [9.17, 15) is 4.79 Å². The van der Waals surface area contributed by atoms with Gasteiger partial charge in [-0.15, -0.1) is 0 Å². The van der Waals surface area contributed by atoms with E-state index in [1.807, 2.05) is 40.8 Å². The smallest absolute Gasteiger partial charge is 0.400 e. The summed E-state index contributed by atoms with van der Waals surface area (Å²) in [5.74, 6) is 4.78. The quantitative estimate of drug-likeness (QED) is 0.321. The molecule has 2 heterocycles. The van der Waals surface area contributed by atoms with Crippen molar-refractivity contribution in [3.05, 3.63) is 35.1 Å². The zero-order valence-electron chi connectivity index (χ0n) is 14.8. The minimum atomic E-state index is -0.463. The Kier molecular flexibility index (Phi) is 5.44. The van der Waals surface area contributed by atoms with Gasteiger partial charge in [-0.1, -0.05) is 6.08 Å². The Morgan fingerprint density at radius 1 is 1.29 bits per heavy atom. The lowest BCUT2D eigenvalue weighted by Crippen LogP contribution is -2.41. The van der Waals surface area contributed by atoms with Gasteiger partial charge in [0.25, 0.3) is 5.91 Å². The van der Waals surface area contributed by atoms with Gasteiger partial charge in [0.05, 0.1) is 16.8 Å². The molecule has 4 N–H and O–H groups in total. The maximum absolute atomic E-state index is 11.6. The lowest BCUT2D eigenvalue weighted by Gasteiger charge is -2.32. The summed E-state index contributed by atoms with van der Waals surface area (Å²) in [6.45, 7) is 8.63. The molecule has 0 spiro atoms. The van der Waals surface area contributed by atoms with E-state index < -0.39 is 18.3 Å². The average Bonchev–Trinajstić information content (AvgIpc) is 2.74. The van der Waals surface area contributed by atoms with Gasteiger partial charge in [-0.25, -0.2) is 5.84 Å². The van der Waals surface area contributed by atoms with Crippen LogP contribution in [0, 0.1) is 0 Å². The van der Waals surface area contributed by atoms with Crippen LogP contribution in [0.5, 0.6) is 0 Å². The number of likely N-dealkylation sites (N-methyl/N-ethyl adjacent to an activating group) is 1. The Labute approximate surface area is 143 Å². The SMILES string of the molecule is CNCC(=Cc1cncc(C(=O)NN)c1)B1OC(C)(C)C(C)(C)O1. The number of rotatable bonds is 5. The molecule has 1 aliphatic rings. The molecule has 1 fully saturated rings. The first-order chi connectivity index (χ1) is 11.2. The number of hydrogen-bond acceptors (Lipinski definition) is 6. The predicted molar refractivity (Wildman–Crippen MR) is 93.9 cm³/mol.